The van der Waals surface area contributed by atoms with E-state index >= 15 is 0 Å². The maximum atomic E-state index is 10.6. The lowest BCUT2D eigenvalue weighted by Crippen LogP contribution is -2.32. The molecule has 4 nitrogen and oxygen atoms in total. The molecule has 0 aliphatic heterocycles. The molecule has 3 N–H and O–H groups in total. The van der Waals surface area contributed by atoms with E-state index in [0.717, 1.165) is 18.7 Å². The highest BCUT2D eigenvalue weighted by Gasteiger charge is 2.11. The zero-order valence-corrected chi connectivity index (χ0v) is 10.4. The van der Waals surface area contributed by atoms with Gasteiger partial charge in [-0.25, -0.2) is 0 Å². The molecule has 0 saturated carbocycles. The van der Waals surface area contributed by atoms with Crippen LogP contribution < -0.4 is 5.73 Å². The van der Waals surface area contributed by atoms with Crippen molar-refractivity contribution in [1.29, 1.82) is 0 Å². The minimum atomic E-state index is -0.959. The molecule has 0 heterocycles. The third-order valence-electron chi connectivity index (χ3n) is 2.79. The second kappa shape index (κ2) is 6.37. The second-order valence-electron chi connectivity index (χ2n) is 4.30. The minimum absolute atomic E-state index is 0.374. The molecule has 1 aromatic carbocycles. The molecule has 1 rings (SSSR count). The molecule has 94 valence electrons. The molecule has 0 saturated heterocycles. The molecule has 1 aromatic rings. The third-order valence-corrected chi connectivity index (χ3v) is 2.79. The largest absolute Gasteiger partial charge is 0.480 e. The molecule has 0 spiro atoms. The lowest BCUT2D eigenvalue weighted by molar-refractivity contribution is -0.138. The van der Waals surface area contributed by atoms with Crippen molar-refractivity contribution in [2.75, 3.05) is 13.6 Å². The Morgan fingerprint density at radius 1 is 1.35 bits per heavy atom. The highest BCUT2D eigenvalue weighted by atomic mass is 16.4. The molecular formula is C13H20N2O2. The van der Waals surface area contributed by atoms with E-state index in [1.165, 1.54) is 5.56 Å². The first-order chi connectivity index (χ1) is 8.02. The number of hydrogen-bond acceptors (Lipinski definition) is 3. The van der Waals surface area contributed by atoms with Crippen molar-refractivity contribution in [2.24, 2.45) is 5.73 Å². The van der Waals surface area contributed by atoms with Crippen molar-refractivity contribution in [3.8, 4) is 0 Å². The van der Waals surface area contributed by atoms with Gasteiger partial charge in [-0.05, 0) is 31.1 Å². The first kappa shape index (κ1) is 13.7. The summed E-state index contributed by atoms with van der Waals surface area (Å²) < 4.78 is 0. The van der Waals surface area contributed by atoms with Crippen molar-refractivity contribution in [3.05, 3.63) is 35.4 Å². The zero-order valence-electron chi connectivity index (χ0n) is 10.4. The zero-order chi connectivity index (χ0) is 12.8. The van der Waals surface area contributed by atoms with Gasteiger partial charge < -0.3 is 15.7 Å². The maximum absolute atomic E-state index is 10.6. The third kappa shape index (κ3) is 4.54. The van der Waals surface area contributed by atoms with Crippen LogP contribution in [0.5, 0.6) is 0 Å². The van der Waals surface area contributed by atoms with E-state index in [4.69, 9.17) is 10.8 Å². The average molecular weight is 236 g/mol. The van der Waals surface area contributed by atoms with E-state index in [1.54, 1.807) is 0 Å². The van der Waals surface area contributed by atoms with E-state index in [0.29, 0.717) is 6.42 Å². The van der Waals surface area contributed by atoms with E-state index in [1.807, 2.05) is 24.3 Å². The number of carboxylic acid groups (broad SMARTS) is 1. The van der Waals surface area contributed by atoms with Crippen LogP contribution in [-0.2, 0) is 17.8 Å². The van der Waals surface area contributed by atoms with Crippen LogP contribution >= 0.6 is 0 Å². The van der Waals surface area contributed by atoms with E-state index in [-0.39, 0.29) is 0 Å². The molecule has 0 aliphatic carbocycles. The summed E-state index contributed by atoms with van der Waals surface area (Å²) in [4.78, 5) is 12.8. The Morgan fingerprint density at radius 3 is 2.35 bits per heavy atom. The molecule has 0 radical (unpaired) electrons. The maximum Gasteiger partial charge on any atom is 0.320 e. The number of hydrogen-bond donors (Lipinski definition) is 2. The van der Waals surface area contributed by atoms with Crippen molar-refractivity contribution in [2.45, 2.75) is 25.9 Å². The SMILES string of the molecule is CCN(C)Cc1ccc(CC(N)C(=O)O)cc1. The summed E-state index contributed by atoms with van der Waals surface area (Å²) in [6.45, 7) is 4.02. The second-order valence-corrected chi connectivity index (χ2v) is 4.30. The molecule has 0 aliphatic rings. The Kier molecular flexibility index (Phi) is 5.12. The van der Waals surface area contributed by atoms with Crippen LogP contribution in [0.2, 0.25) is 0 Å². The monoisotopic (exact) mass is 236 g/mol. The van der Waals surface area contributed by atoms with Crippen LogP contribution in [-0.4, -0.2) is 35.6 Å². The van der Waals surface area contributed by atoms with Crippen molar-refractivity contribution in [3.63, 3.8) is 0 Å². The summed E-state index contributed by atoms with van der Waals surface area (Å²) in [5, 5.41) is 8.72. The number of carbonyl (C=O) groups is 1. The highest BCUT2D eigenvalue weighted by molar-refractivity contribution is 5.73. The molecule has 4 heteroatoms. The molecular weight excluding hydrogens is 216 g/mol. The number of carboxylic acids is 1. The fraction of sp³-hybridized carbons (Fsp3) is 0.462. The lowest BCUT2D eigenvalue weighted by Gasteiger charge is -2.14. The van der Waals surface area contributed by atoms with Crippen LogP contribution in [0.4, 0.5) is 0 Å². The standard InChI is InChI=1S/C13H20N2O2/c1-3-15(2)9-11-6-4-10(5-7-11)8-12(14)13(16)17/h4-7,12H,3,8-9,14H2,1-2H3,(H,16,17). The number of nitrogens with two attached hydrogens (primary N) is 1. The molecule has 0 fully saturated rings. The summed E-state index contributed by atoms with van der Waals surface area (Å²) in [7, 11) is 2.06. The lowest BCUT2D eigenvalue weighted by atomic mass is 10.0. The van der Waals surface area contributed by atoms with E-state index in [9.17, 15) is 4.79 Å². The summed E-state index contributed by atoms with van der Waals surface area (Å²) in [5.41, 5.74) is 7.67. The Labute approximate surface area is 102 Å². The normalized spacial score (nSPS) is 12.7. The van der Waals surface area contributed by atoms with Gasteiger partial charge in [0.05, 0.1) is 0 Å². The molecule has 1 atom stereocenters. The van der Waals surface area contributed by atoms with Gasteiger partial charge in [0.25, 0.3) is 0 Å². The summed E-state index contributed by atoms with van der Waals surface area (Å²) in [6, 6.07) is 7.12. The van der Waals surface area contributed by atoms with Gasteiger partial charge in [0.2, 0.25) is 0 Å². The van der Waals surface area contributed by atoms with Gasteiger partial charge in [-0.2, -0.15) is 0 Å². The fourth-order valence-electron chi connectivity index (χ4n) is 1.55. The van der Waals surface area contributed by atoms with Gasteiger partial charge in [0, 0.05) is 6.54 Å². The molecule has 0 aromatic heterocycles. The van der Waals surface area contributed by atoms with Gasteiger partial charge in [0.1, 0.15) is 6.04 Å². The van der Waals surface area contributed by atoms with Crippen LogP contribution in [0.25, 0.3) is 0 Å². The molecule has 17 heavy (non-hydrogen) atoms. The Hall–Kier alpha value is -1.39. The predicted molar refractivity (Wildman–Crippen MR) is 67.8 cm³/mol. The quantitative estimate of drug-likeness (QED) is 0.776. The van der Waals surface area contributed by atoms with Gasteiger partial charge in [-0.3, -0.25) is 4.79 Å². The van der Waals surface area contributed by atoms with Crippen LogP contribution in [0, 0.1) is 0 Å². The number of benzene rings is 1. The summed E-state index contributed by atoms with van der Waals surface area (Å²) in [6.07, 6.45) is 0.374. The number of aliphatic carboxylic acids is 1. The van der Waals surface area contributed by atoms with Gasteiger partial charge >= 0.3 is 5.97 Å². The Balaban J connectivity index is 2.58. The van der Waals surface area contributed by atoms with Crippen molar-refractivity contribution < 1.29 is 9.90 Å². The fourth-order valence-corrected chi connectivity index (χ4v) is 1.55. The summed E-state index contributed by atoms with van der Waals surface area (Å²) >= 11 is 0. The Bertz CT molecular complexity index is 362. The number of nitrogens with zero attached hydrogens (tertiary/aromatic N) is 1. The van der Waals surface area contributed by atoms with Crippen LogP contribution in [0.1, 0.15) is 18.1 Å². The first-order valence-electron chi connectivity index (χ1n) is 5.77. The Morgan fingerprint density at radius 2 is 1.88 bits per heavy atom. The van der Waals surface area contributed by atoms with E-state index < -0.39 is 12.0 Å². The predicted octanol–water partition coefficient (Wildman–Crippen LogP) is 1.09. The summed E-state index contributed by atoms with van der Waals surface area (Å²) in [5.74, 6) is -0.959. The van der Waals surface area contributed by atoms with Gasteiger partial charge in [-0.15, -0.1) is 0 Å². The van der Waals surface area contributed by atoms with Crippen molar-refractivity contribution in [1.82, 2.24) is 4.90 Å². The molecule has 0 bridgehead atoms. The van der Waals surface area contributed by atoms with Crippen LogP contribution in [0.3, 0.4) is 0 Å². The first-order valence-corrected chi connectivity index (χ1v) is 5.77. The average Bonchev–Trinajstić information content (AvgIpc) is 2.31. The topological polar surface area (TPSA) is 66.6 Å². The number of rotatable bonds is 6. The van der Waals surface area contributed by atoms with Crippen molar-refractivity contribution >= 4 is 5.97 Å². The van der Waals surface area contributed by atoms with Crippen LogP contribution in [0.15, 0.2) is 24.3 Å². The van der Waals surface area contributed by atoms with E-state index in [2.05, 4.69) is 18.9 Å². The smallest absolute Gasteiger partial charge is 0.320 e. The van der Waals surface area contributed by atoms with Gasteiger partial charge in [0.15, 0.2) is 0 Å². The van der Waals surface area contributed by atoms with Gasteiger partial charge in [-0.1, -0.05) is 31.2 Å². The minimum Gasteiger partial charge on any atom is -0.480 e. The molecule has 0 amide bonds. The molecule has 1 unspecified atom stereocenters. The highest BCUT2D eigenvalue weighted by Crippen LogP contribution is 2.08.